The molecule has 0 heterocycles. The molecule has 1 aromatic carbocycles. The zero-order valence-electron chi connectivity index (χ0n) is 7.65. The maximum atomic E-state index is 5.57. The van der Waals surface area contributed by atoms with E-state index >= 15 is 0 Å². The molecule has 4 heteroatoms. The molecule has 1 rings (SSSR count). The van der Waals surface area contributed by atoms with Crippen molar-refractivity contribution in [2.75, 3.05) is 11.9 Å². The fourth-order valence-corrected chi connectivity index (χ4v) is 1.86. The molecule has 0 aliphatic carbocycles. The lowest BCUT2D eigenvalue weighted by atomic mass is 10.3. The van der Waals surface area contributed by atoms with Gasteiger partial charge < -0.3 is 5.32 Å². The van der Waals surface area contributed by atoms with Gasteiger partial charge in [-0.3, -0.25) is 0 Å². The van der Waals surface area contributed by atoms with Gasteiger partial charge in [0.1, 0.15) is 0 Å². The number of hydrogen-bond donors (Lipinski definition) is 1. The van der Waals surface area contributed by atoms with Crippen molar-refractivity contribution in [2.24, 2.45) is 0 Å². The van der Waals surface area contributed by atoms with Crippen molar-refractivity contribution in [2.45, 2.75) is 6.92 Å². The number of nitrogens with one attached hydrogen (secondary N) is 1. The van der Waals surface area contributed by atoms with Gasteiger partial charge in [0.05, 0.1) is 0 Å². The molecule has 0 aliphatic rings. The van der Waals surface area contributed by atoms with E-state index in [1.807, 2.05) is 13.0 Å². The molecule has 0 unspecified atom stereocenters. The second kappa shape index (κ2) is 5.98. The van der Waals surface area contributed by atoms with Crippen LogP contribution < -0.4 is 5.32 Å². The lowest BCUT2D eigenvalue weighted by molar-refractivity contribution is 1.21. The smallest absolute Gasteiger partial charge is 0.0497 e. The molecule has 1 nitrogen and oxygen atoms in total. The van der Waals surface area contributed by atoms with E-state index in [0.717, 1.165) is 22.3 Å². The van der Waals surface area contributed by atoms with Crippen molar-refractivity contribution in [3.8, 4) is 0 Å². The lowest BCUT2D eigenvalue weighted by Gasteiger charge is -2.08. The Morgan fingerprint density at radius 2 is 2.36 bits per heavy atom. The Morgan fingerprint density at radius 1 is 1.64 bits per heavy atom. The number of rotatable bonds is 3. The second-order valence-corrected chi connectivity index (χ2v) is 5.25. The molecule has 0 saturated carbocycles. The molecule has 0 amide bonds. The van der Waals surface area contributed by atoms with Gasteiger partial charge in [-0.15, -0.1) is 0 Å². The number of benzene rings is 1. The largest absolute Gasteiger partial charge is 0.380 e. The van der Waals surface area contributed by atoms with Crippen LogP contribution in [-0.4, -0.2) is 6.54 Å². The zero-order valence-corrected chi connectivity index (χ0v) is 12.1. The third-order valence-electron chi connectivity index (χ3n) is 1.67. The molecule has 0 bridgehead atoms. The van der Waals surface area contributed by atoms with Crippen LogP contribution in [0, 0.1) is 3.57 Å². The van der Waals surface area contributed by atoms with Gasteiger partial charge in [-0.1, -0.05) is 11.6 Å². The third kappa shape index (κ3) is 3.79. The summed E-state index contributed by atoms with van der Waals surface area (Å²) in [5.41, 5.74) is 3.79. The van der Waals surface area contributed by atoms with Crippen LogP contribution in [0.2, 0.25) is 0 Å². The summed E-state index contributed by atoms with van der Waals surface area (Å²) in [5, 5.41) is 3.30. The minimum Gasteiger partial charge on any atom is -0.380 e. The van der Waals surface area contributed by atoms with E-state index in [1.54, 1.807) is 5.54 Å². The Balaban J connectivity index is 2.71. The first kappa shape index (κ1) is 12.3. The van der Waals surface area contributed by atoms with E-state index in [9.17, 15) is 0 Å². The highest BCUT2D eigenvalue weighted by Crippen LogP contribution is 2.24. The van der Waals surface area contributed by atoms with Crippen LogP contribution in [0.1, 0.15) is 6.92 Å². The summed E-state index contributed by atoms with van der Waals surface area (Å²) in [7, 11) is 0. The van der Waals surface area contributed by atoms with Crippen LogP contribution >= 0.6 is 50.1 Å². The normalized spacial score (nSPS) is 11.6. The van der Waals surface area contributed by atoms with Crippen molar-refractivity contribution in [1.29, 1.82) is 0 Å². The summed E-state index contributed by atoms with van der Waals surface area (Å²) in [6, 6.07) is 6.18. The average Bonchev–Trinajstić information content (AvgIpc) is 2.19. The first-order chi connectivity index (χ1) is 6.63. The van der Waals surface area contributed by atoms with Gasteiger partial charge >= 0.3 is 0 Å². The quantitative estimate of drug-likeness (QED) is 0.748. The van der Waals surface area contributed by atoms with Crippen LogP contribution in [0.25, 0.3) is 0 Å². The predicted molar refractivity (Wildman–Crippen MR) is 75.0 cm³/mol. The summed E-state index contributed by atoms with van der Waals surface area (Å²) in [5.74, 6) is 0. The minimum atomic E-state index is 0.766. The molecular formula is C10H10BrClIN. The SMILES string of the molecule is C/C(=C/Cl)CNc1cc(I)ccc1Br. The van der Waals surface area contributed by atoms with Crippen LogP contribution in [0.4, 0.5) is 5.69 Å². The third-order valence-corrected chi connectivity index (χ3v) is 3.41. The Labute approximate surface area is 111 Å². The molecule has 1 N–H and O–H groups in total. The first-order valence-corrected chi connectivity index (χ1v) is 6.39. The number of hydrogen-bond acceptors (Lipinski definition) is 1. The van der Waals surface area contributed by atoms with E-state index in [1.165, 1.54) is 3.57 Å². The first-order valence-electron chi connectivity index (χ1n) is 4.08. The minimum absolute atomic E-state index is 0.766. The van der Waals surface area contributed by atoms with Gasteiger partial charge in [0.25, 0.3) is 0 Å². The van der Waals surface area contributed by atoms with E-state index in [0.29, 0.717) is 0 Å². The molecule has 0 saturated heterocycles. The van der Waals surface area contributed by atoms with E-state index in [4.69, 9.17) is 11.6 Å². The summed E-state index contributed by atoms with van der Waals surface area (Å²) in [4.78, 5) is 0. The summed E-state index contributed by atoms with van der Waals surface area (Å²) < 4.78 is 2.28. The lowest BCUT2D eigenvalue weighted by Crippen LogP contribution is -2.03. The maximum absolute atomic E-state index is 5.57. The highest BCUT2D eigenvalue weighted by molar-refractivity contribution is 14.1. The highest BCUT2D eigenvalue weighted by Gasteiger charge is 1.99. The maximum Gasteiger partial charge on any atom is 0.0497 e. The van der Waals surface area contributed by atoms with E-state index < -0.39 is 0 Å². The molecule has 14 heavy (non-hydrogen) atoms. The fraction of sp³-hybridized carbons (Fsp3) is 0.200. The van der Waals surface area contributed by atoms with Crippen LogP contribution in [-0.2, 0) is 0 Å². The molecule has 76 valence electrons. The highest BCUT2D eigenvalue weighted by atomic mass is 127. The van der Waals surface area contributed by atoms with Gasteiger partial charge in [0.2, 0.25) is 0 Å². The van der Waals surface area contributed by atoms with Crippen molar-refractivity contribution >= 4 is 55.8 Å². The van der Waals surface area contributed by atoms with Gasteiger partial charge in [0, 0.05) is 25.8 Å². The predicted octanol–water partition coefficient (Wildman–Crippen LogP) is 4.61. The standard InChI is InChI=1S/C10H10BrClIN/c1-7(5-12)6-14-10-4-8(13)2-3-9(10)11/h2-5,14H,6H2,1H3/b7-5-. The van der Waals surface area contributed by atoms with Gasteiger partial charge in [0.15, 0.2) is 0 Å². The van der Waals surface area contributed by atoms with E-state index in [-0.39, 0.29) is 0 Å². The summed E-state index contributed by atoms with van der Waals surface area (Å²) >= 11 is 11.3. The zero-order chi connectivity index (χ0) is 10.6. The Hall–Kier alpha value is 0.260. The molecular weight excluding hydrogens is 376 g/mol. The van der Waals surface area contributed by atoms with Crippen molar-refractivity contribution in [3.63, 3.8) is 0 Å². The Kier molecular flexibility index (Phi) is 5.26. The van der Waals surface area contributed by atoms with Crippen molar-refractivity contribution < 1.29 is 0 Å². The molecule has 0 aliphatic heterocycles. The number of halogens is 3. The van der Waals surface area contributed by atoms with Crippen LogP contribution in [0.5, 0.6) is 0 Å². The molecule has 0 radical (unpaired) electrons. The fourth-order valence-electron chi connectivity index (χ4n) is 0.906. The van der Waals surface area contributed by atoms with Crippen molar-refractivity contribution in [3.05, 3.63) is 37.4 Å². The van der Waals surface area contributed by atoms with Gasteiger partial charge in [-0.25, -0.2) is 0 Å². The molecule has 0 aromatic heterocycles. The monoisotopic (exact) mass is 385 g/mol. The second-order valence-electron chi connectivity index (χ2n) is 2.93. The molecule has 1 aromatic rings. The Bertz CT molecular complexity index is 352. The van der Waals surface area contributed by atoms with Crippen molar-refractivity contribution in [1.82, 2.24) is 0 Å². The Morgan fingerprint density at radius 3 is 3.00 bits per heavy atom. The van der Waals surface area contributed by atoms with E-state index in [2.05, 4.69) is 56.0 Å². The average molecular weight is 386 g/mol. The summed E-state index contributed by atoms with van der Waals surface area (Å²) in [6.07, 6.45) is 0. The van der Waals surface area contributed by atoms with Crippen LogP contribution in [0.15, 0.2) is 33.8 Å². The van der Waals surface area contributed by atoms with Crippen LogP contribution in [0.3, 0.4) is 0 Å². The molecule has 0 atom stereocenters. The summed E-state index contributed by atoms with van der Waals surface area (Å²) in [6.45, 7) is 2.75. The molecule has 0 spiro atoms. The molecule has 0 fully saturated rings. The topological polar surface area (TPSA) is 12.0 Å². The van der Waals surface area contributed by atoms with Gasteiger partial charge in [-0.05, 0) is 69.2 Å². The number of anilines is 1. The van der Waals surface area contributed by atoms with Gasteiger partial charge in [-0.2, -0.15) is 0 Å².